The van der Waals surface area contributed by atoms with Crippen molar-refractivity contribution >= 4 is 20.0 Å². The summed E-state index contributed by atoms with van der Waals surface area (Å²) in [5, 5.41) is 6.31. The van der Waals surface area contributed by atoms with E-state index in [2.05, 4.69) is 14.9 Å². The van der Waals surface area contributed by atoms with Crippen LogP contribution in [0.5, 0.6) is 5.88 Å². The average Bonchev–Trinajstić information content (AvgIpc) is 3.16. The van der Waals surface area contributed by atoms with Crippen molar-refractivity contribution in [3.8, 4) is 5.88 Å². The van der Waals surface area contributed by atoms with Gasteiger partial charge in [-0.3, -0.25) is 4.18 Å². The predicted molar refractivity (Wildman–Crippen MR) is 96.0 cm³/mol. The number of nitrogens with zero attached hydrogens (tertiary/aromatic N) is 2. The second-order valence-electron chi connectivity index (χ2n) is 5.63. The molecule has 1 heterocycles. The molecule has 0 aliphatic rings. The highest BCUT2D eigenvalue weighted by Gasteiger charge is 2.28. The summed E-state index contributed by atoms with van der Waals surface area (Å²) in [7, 11) is -7.95. The molecule has 0 fully saturated rings. The second-order valence-corrected chi connectivity index (χ2v) is 9.11. The van der Waals surface area contributed by atoms with Gasteiger partial charge in [0.25, 0.3) is 21.0 Å². The van der Waals surface area contributed by atoms with Gasteiger partial charge in [-0.05, 0) is 41.5 Å². The van der Waals surface area contributed by atoms with E-state index in [0.29, 0.717) is 0 Å². The highest BCUT2D eigenvalue weighted by molar-refractivity contribution is 7.91. The molecule has 0 amide bonds. The van der Waals surface area contributed by atoms with Gasteiger partial charge in [0.2, 0.25) is 9.84 Å². The Balaban J connectivity index is 1.64. The third-order valence-corrected chi connectivity index (χ3v) is 6.59. The van der Waals surface area contributed by atoms with Crippen molar-refractivity contribution in [2.75, 3.05) is 13.2 Å². The van der Waals surface area contributed by atoms with Gasteiger partial charge in [0, 0.05) is 0 Å². The van der Waals surface area contributed by atoms with Gasteiger partial charge < -0.3 is 4.74 Å². The Morgan fingerprint density at radius 2 is 1.54 bits per heavy atom. The smallest absolute Gasteiger partial charge is 0.297 e. The fourth-order valence-electron chi connectivity index (χ4n) is 2.19. The molecule has 3 aromatic rings. The minimum atomic E-state index is -3.99. The number of aromatic nitrogens is 2. The van der Waals surface area contributed by atoms with Gasteiger partial charge in [0.05, 0.1) is 9.79 Å². The Bertz CT molecular complexity index is 1140. The van der Waals surface area contributed by atoms with Crippen LogP contribution in [0.2, 0.25) is 0 Å². The minimum absolute atomic E-state index is 0.00579. The van der Waals surface area contributed by atoms with Crippen LogP contribution in [0.4, 0.5) is 0 Å². The van der Waals surface area contributed by atoms with Crippen molar-refractivity contribution in [2.24, 2.45) is 0 Å². The molecule has 3 rings (SSSR count). The van der Waals surface area contributed by atoms with Crippen molar-refractivity contribution < 1.29 is 30.4 Å². The molecular formula is C17H16N2O7S2. The summed E-state index contributed by atoms with van der Waals surface area (Å²) in [5.41, 5.74) is 0.910. The van der Waals surface area contributed by atoms with Crippen molar-refractivity contribution in [2.45, 2.75) is 21.7 Å². The fourth-order valence-corrected chi connectivity index (χ4v) is 4.28. The summed E-state index contributed by atoms with van der Waals surface area (Å²) < 4.78 is 63.8. The zero-order valence-corrected chi connectivity index (χ0v) is 16.3. The fraction of sp³-hybridized carbons (Fsp3) is 0.176. The highest BCUT2D eigenvalue weighted by atomic mass is 32.2. The van der Waals surface area contributed by atoms with E-state index in [0.717, 1.165) is 5.56 Å². The van der Waals surface area contributed by atoms with Crippen LogP contribution < -0.4 is 4.74 Å². The lowest BCUT2D eigenvalue weighted by molar-refractivity contribution is 0.202. The Kier molecular flexibility index (Phi) is 5.77. The Labute approximate surface area is 161 Å². The zero-order valence-electron chi connectivity index (χ0n) is 14.7. The van der Waals surface area contributed by atoms with Crippen LogP contribution in [0.1, 0.15) is 5.56 Å². The number of aryl methyl sites for hydroxylation is 1. The maximum absolute atomic E-state index is 12.6. The van der Waals surface area contributed by atoms with Gasteiger partial charge in [0.15, 0.2) is 0 Å². The predicted octanol–water partition coefficient (Wildman–Crippen LogP) is 2.00. The third-order valence-electron chi connectivity index (χ3n) is 3.61. The largest absolute Gasteiger partial charge is 0.471 e. The summed E-state index contributed by atoms with van der Waals surface area (Å²) >= 11 is 0. The third kappa shape index (κ3) is 4.38. The van der Waals surface area contributed by atoms with Crippen LogP contribution in [-0.2, 0) is 24.1 Å². The lowest BCUT2D eigenvalue weighted by Gasteiger charge is -2.07. The van der Waals surface area contributed by atoms with Crippen LogP contribution in [0.15, 0.2) is 74.0 Å². The van der Waals surface area contributed by atoms with Crippen molar-refractivity contribution in [3.63, 3.8) is 0 Å². The molecule has 28 heavy (non-hydrogen) atoms. The van der Waals surface area contributed by atoms with E-state index in [1.54, 1.807) is 30.3 Å². The molecule has 0 spiro atoms. The van der Waals surface area contributed by atoms with E-state index in [9.17, 15) is 16.8 Å². The molecule has 0 radical (unpaired) electrons. The minimum Gasteiger partial charge on any atom is -0.471 e. The standard InChI is InChI=1S/C17H16N2O7S2/c1-13-7-9-15(10-8-13)28(22,23)25-12-11-24-16-17(19-26-18-16)27(20,21)14-5-3-2-4-6-14/h2-10H,11-12H2,1H3. The first-order valence-electron chi connectivity index (χ1n) is 8.02. The van der Waals surface area contributed by atoms with Crippen LogP contribution in [0.25, 0.3) is 0 Å². The summed E-state index contributed by atoms with van der Waals surface area (Å²) in [4.78, 5) is 0.00213. The maximum Gasteiger partial charge on any atom is 0.297 e. The van der Waals surface area contributed by atoms with Gasteiger partial charge in [-0.15, -0.1) is 0 Å². The molecule has 0 bridgehead atoms. The molecule has 0 aliphatic heterocycles. The molecule has 0 unspecified atom stereocenters. The number of ether oxygens (including phenoxy) is 1. The molecule has 0 aliphatic carbocycles. The quantitative estimate of drug-likeness (QED) is 0.394. The van der Waals surface area contributed by atoms with Crippen molar-refractivity contribution in [1.82, 2.24) is 10.3 Å². The van der Waals surface area contributed by atoms with E-state index in [1.165, 1.54) is 24.3 Å². The van der Waals surface area contributed by atoms with Crippen LogP contribution in [-0.4, -0.2) is 40.4 Å². The molecule has 9 nitrogen and oxygen atoms in total. The van der Waals surface area contributed by atoms with Crippen molar-refractivity contribution in [3.05, 3.63) is 60.2 Å². The number of hydrogen-bond acceptors (Lipinski definition) is 9. The Hall–Kier alpha value is -2.76. The van der Waals surface area contributed by atoms with E-state index in [4.69, 9.17) is 8.92 Å². The summed E-state index contributed by atoms with van der Waals surface area (Å²) in [6.07, 6.45) is 0. The molecule has 11 heteroatoms. The van der Waals surface area contributed by atoms with Crippen LogP contribution in [0, 0.1) is 6.92 Å². The molecule has 148 valence electrons. The van der Waals surface area contributed by atoms with Gasteiger partial charge in [-0.2, -0.15) is 8.42 Å². The van der Waals surface area contributed by atoms with Gasteiger partial charge in [-0.25, -0.2) is 13.0 Å². The number of rotatable bonds is 8. The topological polar surface area (TPSA) is 126 Å². The summed E-state index contributed by atoms with van der Waals surface area (Å²) in [6, 6.07) is 13.7. The summed E-state index contributed by atoms with van der Waals surface area (Å²) in [5.74, 6) is -0.375. The normalized spacial score (nSPS) is 12.0. The first-order chi connectivity index (χ1) is 13.3. The van der Waals surface area contributed by atoms with Gasteiger partial charge in [0.1, 0.15) is 13.2 Å². The first kappa shape index (κ1) is 20.0. The van der Waals surface area contributed by atoms with E-state index >= 15 is 0 Å². The van der Waals surface area contributed by atoms with E-state index in [1.807, 2.05) is 6.92 Å². The number of hydrogen-bond donors (Lipinski definition) is 0. The maximum atomic E-state index is 12.6. The highest BCUT2D eigenvalue weighted by Crippen LogP contribution is 2.25. The van der Waals surface area contributed by atoms with E-state index < -0.39 is 25.0 Å². The molecule has 1 aromatic heterocycles. The SMILES string of the molecule is Cc1ccc(S(=O)(=O)OCCOc2nonc2S(=O)(=O)c2ccccc2)cc1. The molecule has 0 saturated heterocycles. The molecule has 0 saturated carbocycles. The second kappa shape index (κ2) is 8.09. The molecule has 2 aromatic carbocycles. The van der Waals surface area contributed by atoms with Crippen LogP contribution >= 0.6 is 0 Å². The van der Waals surface area contributed by atoms with Crippen molar-refractivity contribution in [1.29, 1.82) is 0 Å². The van der Waals surface area contributed by atoms with Gasteiger partial charge in [-0.1, -0.05) is 35.9 Å². The Morgan fingerprint density at radius 1 is 0.857 bits per heavy atom. The first-order valence-corrected chi connectivity index (χ1v) is 10.9. The number of benzene rings is 2. The lowest BCUT2D eigenvalue weighted by Crippen LogP contribution is -2.14. The zero-order chi connectivity index (χ0) is 20.2. The van der Waals surface area contributed by atoms with E-state index in [-0.39, 0.29) is 28.9 Å². The Morgan fingerprint density at radius 3 is 2.21 bits per heavy atom. The molecule has 0 N–H and O–H groups in total. The average molecular weight is 424 g/mol. The molecule has 0 atom stereocenters. The number of sulfone groups is 1. The molecular weight excluding hydrogens is 408 g/mol. The summed E-state index contributed by atoms with van der Waals surface area (Å²) in [6.45, 7) is 1.20. The lowest BCUT2D eigenvalue weighted by atomic mass is 10.2. The van der Waals surface area contributed by atoms with Gasteiger partial charge >= 0.3 is 0 Å². The van der Waals surface area contributed by atoms with Crippen LogP contribution in [0.3, 0.4) is 0 Å². The monoisotopic (exact) mass is 424 g/mol.